The van der Waals surface area contributed by atoms with Gasteiger partial charge in [0, 0.05) is 25.4 Å². The zero-order valence-corrected chi connectivity index (χ0v) is 15.3. The summed E-state index contributed by atoms with van der Waals surface area (Å²) >= 11 is 1.62. The van der Waals surface area contributed by atoms with Crippen molar-refractivity contribution in [2.45, 2.75) is 11.7 Å². The first-order chi connectivity index (χ1) is 12.8. The molecule has 26 heavy (non-hydrogen) atoms. The molecule has 0 unspecified atom stereocenters. The van der Waals surface area contributed by atoms with Crippen molar-refractivity contribution in [3.63, 3.8) is 0 Å². The molecule has 1 fully saturated rings. The Kier molecular flexibility index (Phi) is 5.38. The SMILES string of the molecule is O=c1c2ccccc2nc(SCCN2CCOCC2)n1Cc1ccco1. The van der Waals surface area contributed by atoms with E-state index in [0.29, 0.717) is 11.9 Å². The number of nitrogens with zero attached hydrogens (tertiary/aromatic N) is 3. The third-order valence-corrected chi connectivity index (χ3v) is 5.42. The van der Waals surface area contributed by atoms with E-state index in [-0.39, 0.29) is 5.56 Å². The molecular weight excluding hydrogens is 350 g/mol. The predicted molar refractivity (Wildman–Crippen MR) is 102 cm³/mol. The lowest BCUT2D eigenvalue weighted by Crippen LogP contribution is -2.37. The highest BCUT2D eigenvalue weighted by molar-refractivity contribution is 7.99. The molecule has 1 aliphatic heterocycles. The summed E-state index contributed by atoms with van der Waals surface area (Å²) in [5, 5.41) is 1.37. The predicted octanol–water partition coefficient (Wildman–Crippen LogP) is 2.46. The second-order valence-electron chi connectivity index (χ2n) is 6.18. The number of benzene rings is 1. The molecule has 0 spiro atoms. The first kappa shape index (κ1) is 17.3. The summed E-state index contributed by atoms with van der Waals surface area (Å²) < 4.78 is 12.5. The Morgan fingerprint density at radius 1 is 1.12 bits per heavy atom. The summed E-state index contributed by atoms with van der Waals surface area (Å²) in [4.78, 5) is 20.1. The summed E-state index contributed by atoms with van der Waals surface area (Å²) in [6.45, 7) is 4.86. The van der Waals surface area contributed by atoms with Gasteiger partial charge in [-0.1, -0.05) is 23.9 Å². The third kappa shape index (κ3) is 3.85. The van der Waals surface area contributed by atoms with E-state index in [1.54, 1.807) is 22.6 Å². The molecular formula is C19H21N3O3S. The first-order valence-electron chi connectivity index (χ1n) is 8.76. The average molecular weight is 371 g/mol. The van der Waals surface area contributed by atoms with E-state index >= 15 is 0 Å². The van der Waals surface area contributed by atoms with Gasteiger partial charge in [-0.15, -0.1) is 0 Å². The highest BCUT2D eigenvalue weighted by Crippen LogP contribution is 2.19. The molecule has 1 aromatic carbocycles. The van der Waals surface area contributed by atoms with Gasteiger partial charge in [-0.3, -0.25) is 14.3 Å². The van der Waals surface area contributed by atoms with Crippen LogP contribution < -0.4 is 5.56 Å². The summed E-state index contributed by atoms with van der Waals surface area (Å²) in [6.07, 6.45) is 1.63. The Labute approximate surface area is 155 Å². The molecule has 3 heterocycles. The van der Waals surface area contributed by atoms with Crippen molar-refractivity contribution in [3.8, 4) is 0 Å². The van der Waals surface area contributed by atoms with Crippen LogP contribution in [-0.4, -0.2) is 53.1 Å². The number of morpholine rings is 1. The number of thioether (sulfide) groups is 1. The Bertz CT molecular complexity index is 917. The Morgan fingerprint density at radius 2 is 1.96 bits per heavy atom. The van der Waals surface area contributed by atoms with Gasteiger partial charge in [0.15, 0.2) is 5.16 Å². The number of hydrogen-bond donors (Lipinski definition) is 0. The second-order valence-corrected chi connectivity index (χ2v) is 7.25. The molecule has 136 valence electrons. The number of fused-ring (bicyclic) bond motifs is 1. The number of hydrogen-bond acceptors (Lipinski definition) is 6. The summed E-state index contributed by atoms with van der Waals surface area (Å²) in [6, 6.07) is 11.2. The van der Waals surface area contributed by atoms with E-state index in [2.05, 4.69) is 4.90 Å². The van der Waals surface area contributed by atoms with Gasteiger partial charge < -0.3 is 9.15 Å². The number of furan rings is 1. The van der Waals surface area contributed by atoms with Crippen LogP contribution in [-0.2, 0) is 11.3 Å². The standard InChI is InChI=1S/C19H21N3O3S/c23-18-16-5-1-2-6-17(16)20-19(22(18)14-15-4-3-10-25-15)26-13-9-21-7-11-24-12-8-21/h1-6,10H,7-9,11-14H2. The zero-order chi connectivity index (χ0) is 17.8. The van der Waals surface area contributed by atoms with Gasteiger partial charge >= 0.3 is 0 Å². The topological polar surface area (TPSA) is 60.5 Å². The number of aromatic nitrogens is 2. The molecule has 0 saturated carbocycles. The van der Waals surface area contributed by atoms with Crippen molar-refractivity contribution in [3.05, 3.63) is 58.8 Å². The minimum atomic E-state index is -0.0270. The van der Waals surface area contributed by atoms with Gasteiger partial charge in [-0.25, -0.2) is 4.98 Å². The van der Waals surface area contributed by atoms with Crippen LogP contribution in [0.15, 0.2) is 57.0 Å². The molecule has 0 amide bonds. The fourth-order valence-corrected chi connectivity index (χ4v) is 4.04. The van der Waals surface area contributed by atoms with Crippen LogP contribution in [0.4, 0.5) is 0 Å². The minimum absolute atomic E-state index is 0.0270. The molecule has 1 saturated heterocycles. The van der Waals surface area contributed by atoms with E-state index < -0.39 is 0 Å². The highest BCUT2D eigenvalue weighted by atomic mass is 32.2. The molecule has 0 N–H and O–H groups in total. The van der Waals surface area contributed by atoms with Crippen molar-refractivity contribution in [2.24, 2.45) is 0 Å². The van der Waals surface area contributed by atoms with Crippen LogP contribution in [0.5, 0.6) is 0 Å². The first-order valence-corrected chi connectivity index (χ1v) is 9.75. The van der Waals surface area contributed by atoms with E-state index in [1.807, 2.05) is 36.4 Å². The van der Waals surface area contributed by atoms with E-state index in [1.165, 1.54) is 0 Å². The maximum Gasteiger partial charge on any atom is 0.262 e. The van der Waals surface area contributed by atoms with Gasteiger partial charge in [0.2, 0.25) is 0 Å². The molecule has 0 bridgehead atoms. The third-order valence-electron chi connectivity index (χ3n) is 4.46. The molecule has 1 aliphatic rings. The van der Waals surface area contributed by atoms with Crippen LogP contribution in [0.3, 0.4) is 0 Å². The number of para-hydroxylation sites is 1. The molecule has 0 aliphatic carbocycles. The summed E-state index contributed by atoms with van der Waals surface area (Å²) in [5.41, 5.74) is 0.711. The highest BCUT2D eigenvalue weighted by Gasteiger charge is 2.14. The van der Waals surface area contributed by atoms with Crippen LogP contribution >= 0.6 is 11.8 Å². The van der Waals surface area contributed by atoms with Crippen molar-refractivity contribution in [1.82, 2.24) is 14.5 Å². The lowest BCUT2D eigenvalue weighted by molar-refractivity contribution is 0.0410. The van der Waals surface area contributed by atoms with Gasteiger partial charge in [0.05, 0.1) is 36.9 Å². The monoisotopic (exact) mass is 371 g/mol. The quantitative estimate of drug-likeness (QED) is 0.490. The van der Waals surface area contributed by atoms with Crippen molar-refractivity contribution >= 4 is 22.7 Å². The van der Waals surface area contributed by atoms with Gasteiger partial charge in [0.25, 0.3) is 5.56 Å². The summed E-state index contributed by atoms with van der Waals surface area (Å²) in [5.74, 6) is 1.63. The van der Waals surface area contributed by atoms with Gasteiger partial charge in [0.1, 0.15) is 5.76 Å². The molecule has 7 heteroatoms. The lowest BCUT2D eigenvalue weighted by atomic mass is 10.2. The second kappa shape index (κ2) is 8.07. The van der Waals surface area contributed by atoms with Crippen LogP contribution in [0, 0.1) is 0 Å². The Hall–Kier alpha value is -2.09. The molecule has 6 nitrogen and oxygen atoms in total. The normalized spacial score (nSPS) is 15.5. The average Bonchev–Trinajstić information content (AvgIpc) is 3.19. The molecule has 4 rings (SSSR count). The number of rotatable bonds is 6. The molecule has 0 radical (unpaired) electrons. The fraction of sp³-hybridized carbons (Fsp3) is 0.368. The van der Waals surface area contributed by atoms with Gasteiger partial charge in [-0.2, -0.15) is 0 Å². The maximum absolute atomic E-state index is 13.0. The molecule has 3 aromatic rings. The van der Waals surface area contributed by atoms with Crippen LogP contribution in [0.2, 0.25) is 0 Å². The maximum atomic E-state index is 13.0. The van der Waals surface area contributed by atoms with E-state index in [0.717, 1.165) is 55.0 Å². The largest absolute Gasteiger partial charge is 0.467 e. The smallest absolute Gasteiger partial charge is 0.262 e. The van der Waals surface area contributed by atoms with Crippen LogP contribution in [0.25, 0.3) is 10.9 Å². The van der Waals surface area contributed by atoms with Crippen molar-refractivity contribution in [1.29, 1.82) is 0 Å². The Morgan fingerprint density at radius 3 is 2.77 bits per heavy atom. The zero-order valence-electron chi connectivity index (χ0n) is 14.5. The van der Waals surface area contributed by atoms with Crippen molar-refractivity contribution < 1.29 is 9.15 Å². The molecule has 2 aromatic heterocycles. The van der Waals surface area contributed by atoms with Crippen molar-refractivity contribution in [2.75, 3.05) is 38.6 Å². The van der Waals surface area contributed by atoms with E-state index in [9.17, 15) is 4.79 Å². The Balaban J connectivity index is 1.59. The minimum Gasteiger partial charge on any atom is -0.467 e. The lowest BCUT2D eigenvalue weighted by Gasteiger charge is -2.26. The van der Waals surface area contributed by atoms with Crippen LogP contribution in [0.1, 0.15) is 5.76 Å². The number of ether oxygens (including phenoxy) is 1. The summed E-state index contributed by atoms with van der Waals surface area (Å²) in [7, 11) is 0. The molecule has 0 atom stereocenters. The van der Waals surface area contributed by atoms with Gasteiger partial charge in [-0.05, 0) is 24.3 Å². The van der Waals surface area contributed by atoms with E-state index in [4.69, 9.17) is 14.1 Å². The fourth-order valence-electron chi connectivity index (χ4n) is 3.05.